The second kappa shape index (κ2) is 5.38. The molecule has 5 nitrogen and oxygen atoms in total. The van der Waals surface area contributed by atoms with Gasteiger partial charge in [0.1, 0.15) is 11.3 Å². The van der Waals surface area contributed by atoms with Gasteiger partial charge in [-0.3, -0.25) is 0 Å². The van der Waals surface area contributed by atoms with Crippen molar-refractivity contribution in [3.63, 3.8) is 0 Å². The zero-order valence-corrected chi connectivity index (χ0v) is 11.6. The van der Waals surface area contributed by atoms with Crippen molar-refractivity contribution in [2.24, 2.45) is 0 Å². The summed E-state index contributed by atoms with van der Waals surface area (Å²) in [6, 6.07) is 7.85. The molecule has 0 atom stereocenters. The van der Waals surface area contributed by atoms with Crippen LogP contribution in [0.2, 0.25) is 0 Å². The van der Waals surface area contributed by atoms with Crippen molar-refractivity contribution in [1.82, 2.24) is 20.3 Å². The normalized spacial score (nSPS) is 11.1. The molecule has 0 aliphatic carbocycles. The van der Waals surface area contributed by atoms with Crippen molar-refractivity contribution in [2.75, 3.05) is 13.6 Å². The lowest BCUT2D eigenvalue weighted by molar-refractivity contribution is 0.561. The molecule has 3 rings (SSSR count). The van der Waals surface area contributed by atoms with Gasteiger partial charge in [-0.05, 0) is 25.2 Å². The minimum Gasteiger partial charge on any atom is -0.441 e. The van der Waals surface area contributed by atoms with Gasteiger partial charge >= 0.3 is 0 Å². The minimum atomic E-state index is 0.676. The van der Waals surface area contributed by atoms with E-state index in [4.69, 9.17) is 4.42 Å². The molecular formula is C15H16N4O. The van der Waals surface area contributed by atoms with Crippen LogP contribution in [0.5, 0.6) is 0 Å². The number of benzene rings is 1. The largest absolute Gasteiger partial charge is 0.441 e. The fourth-order valence-corrected chi connectivity index (χ4v) is 2.12. The van der Waals surface area contributed by atoms with Crippen molar-refractivity contribution in [1.29, 1.82) is 0 Å². The lowest BCUT2D eigenvalue weighted by Crippen LogP contribution is -2.12. The number of likely N-dealkylation sites (N-methyl/N-ethyl adjacent to an activating group) is 1. The first kappa shape index (κ1) is 12.7. The van der Waals surface area contributed by atoms with Crippen molar-refractivity contribution in [3.05, 3.63) is 42.2 Å². The maximum absolute atomic E-state index is 5.56. The molecular weight excluding hydrogens is 252 g/mol. The number of aryl methyl sites for hydroxylation is 1. The molecule has 0 amide bonds. The van der Waals surface area contributed by atoms with Crippen molar-refractivity contribution in [3.8, 4) is 11.3 Å². The van der Waals surface area contributed by atoms with E-state index < -0.39 is 0 Å². The average Bonchev–Trinajstić information content (AvgIpc) is 2.84. The van der Waals surface area contributed by atoms with Crippen LogP contribution in [0, 0.1) is 6.92 Å². The molecule has 0 saturated carbocycles. The monoisotopic (exact) mass is 268 g/mol. The van der Waals surface area contributed by atoms with Gasteiger partial charge in [0.05, 0.1) is 5.69 Å². The van der Waals surface area contributed by atoms with Gasteiger partial charge in [0, 0.05) is 31.6 Å². The highest BCUT2D eigenvalue weighted by Gasteiger charge is 2.07. The van der Waals surface area contributed by atoms with Gasteiger partial charge in [-0.25, -0.2) is 15.0 Å². The topological polar surface area (TPSA) is 63.8 Å². The molecule has 0 aliphatic heterocycles. The molecule has 0 radical (unpaired) electrons. The predicted octanol–water partition coefficient (Wildman–Crippen LogP) is 2.36. The lowest BCUT2D eigenvalue weighted by Gasteiger charge is -2.03. The number of hydrogen-bond donors (Lipinski definition) is 1. The summed E-state index contributed by atoms with van der Waals surface area (Å²) in [6.45, 7) is 2.71. The van der Waals surface area contributed by atoms with Gasteiger partial charge in [-0.1, -0.05) is 6.07 Å². The summed E-state index contributed by atoms with van der Waals surface area (Å²) in [5.74, 6) is 1.51. The van der Waals surface area contributed by atoms with Crippen LogP contribution in [0.25, 0.3) is 22.4 Å². The third-order valence-electron chi connectivity index (χ3n) is 3.10. The van der Waals surface area contributed by atoms with Crippen molar-refractivity contribution in [2.45, 2.75) is 13.3 Å². The van der Waals surface area contributed by atoms with E-state index in [1.807, 2.05) is 38.2 Å². The highest BCUT2D eigenvalue weighted by Crippen LogP contribution is 2.23. The Morgan fingerprint density at radius 1 is 1.20 bits per heavy atom. The molecule has 0 unspecified atom stereocenters. The van der Waals surface area contributed by atoms with Crippen LogP contribution < -0.4 is 5.32 Å². The smallest absolute Gasteiger partial charge is 0.192 e. The molecule has 2 aromatic heterocycles. The number of nitrogens with one attached hydrogen (secondary N) is 1. The fourth-order valence-electron chi connectivity index (χ4n) is 2.12. The zero-order valence-electron chi connectivity index (χ0n) is 11.6. The van der Waals surface area contributed by atoms with E-state index in [2.05, 4.69) is 20.3 Å². The molecule has 2 heterocycles. The van der Waals surface area contributed by atoms with Crippen LogP contribution in [0.1, 0.15) is 11.7 Å². The number of hydrogen-bond acceptors (Lipinski definition) is 5. The first-order valence-electron chi connectivity index (χ1n) is 6.60. The zero-order chi connectivity index (χ0) is 13.9. The van der Waals surface area contributed by atoms with E-state index in [1.54, 1.807) is 6.20 Å². The highest BCUT2D eigenvalue weighted by atomic mass is 16.3. The van der Waals surface area contributed by atoms with Crippen molar-refractivity contribution >= 4 is 11.1 Å². The Hall–Kier alpha value is -2.27. The molecule has 102 valence electrons. The van der Waals surface area contributed by atoms with Gasteiger partial charge in [0.2, 0.25) is 0 Å². The summed E-state index contributed by atoms with van der Waals surface area (Å²) in [7, 11) is 1.92. The van der Waals surface area contributed by atoms with Crippen LogP contribution in [0.4, 0.5) is 0 Å². The lowest BCUT2D eigenvalue weighted by atomic mass is 10.1. The Morgan fingerprint density at radius 2 is 2.10 bits per heavy atom. The summed E-state index contributed by atoms with van der Waals surface area (Å²) < 4.78 is 5.56. The molecule has 0 fully saturated rings. The van der Waals surface area contributed by atoms with E-state index in [-0.39, 0.29) is 0 Å². The number of rotatable bonds is 4. The third-order valence-corrected chi connectivity index (χ3v) is 3.10. The summed E-state index contributed by atoms with van der Waals surface area (Å²) in [5.41, 5.74) is 3.58. The number of oxazole rings is 1. The van der Waals surface area contributed by atoms with Crippen LogP contribution in [0.15, 0.2) is 34.9 Å². The number of fused-ring (bicyclic) bond motifs is 1. The van der Waals surface area contributed by atoms with Crippen LogP contribution in [-0.4, -0.2) is 28.5 Å². The summed E-state index contributed by atoms with van der Waals surface area (Å²) in [5, 5.41) is 3.10. The minimum absolute atomic E-state index is 0.676. The summed E-state index contributed by atoms with van der Waals surface area (Å²) >= 11 is 0. The summed E-state index contributed by atoms with van der Waals surface area (Å²) in [6.07, 6.45) is 2.61. The van der Waals surface area contributed by atoms with Gasteiger partial charge in [-0.2, -0.15) is 0 Å². The second-order valence-electron chi connectivity index (χ2n) is 4.63. The van der Waals surface area contributed by atoms with Gasteiger partial charge in [0.25, 0.3) is 0 Å². The van der Waals surface area contributed by atoms with Gasteiger partial charge in [0.15, 0.2) is 11.5 Å². The molecule has 0 aliphatic rings. The maximum atomic E-state index is 5.56. The Balaban J connectivity index is 1.97. The van der Waals surface area contributed by atoms with E-state index in [1.165, 1.54) is 0 Å². The summed E-state index contributed by atoms with van der Waals surface area (Å²) in [4.78, 5) is 13.2. The van der Waals surface area contributed by atoms with E-state index in [0.717, 1.165) is 41.1 Å². The fraction of sp³-hybridized carbons (Fsp3) is 0.267. The van der Waals surface area contributed by atoms with E-state index in [0.29, 0.717) is 5.89 Å². The molecule has 0 bridgehead atoms. The van der Waals surface area contributed by atoms with E-state index >= 15 is 0 Å². The van der Waals surface area contributed by atoms with Crippen LogP contribution >= 0.6 is 0 Å². The average molecular weight is 268 g/mol. The molecule has 3 aromatic rings. The molecule has 1 aromatic carbocycles. The van der Waals surface area contributed by atoms with Crippen LogP contribution in [-0.2, 0) is 6.42 Å². The maximum Gasteiger partial charge on any atom is 0.192 e. The number of nitrogens with zero attached hydrogens (tertiary/aromatic N) is 3. The highest BCUT2D eigenvalue weighted by molar-refractivity contribution is 5.79. The first-order chi connectivity index (χ1) is 9.76. The van der Waals surface area contributed by atoms with E-state index in [9.17, 15) is 0 Å². The standard InChI is InChI=1S/C15H16N4O/c1-10-18-13-4-3-11(9-14(13)20-10)12-5-8-17-15(19-12)6-7-16-2/h3-5,8-9,16H,6-7H2,1-2H3. The predicted molar refractivity (Wildman–Crippen MR) is 77.4 cm³/mol. The second-order valence-corrected chi connectivity index (χ2v) is 4.63. The SMILES string of the molecule is CNCCc1nccc(-c2ccc3nc(C)oc3c2)n1. The van der Waals surface area contributed by atoms with Gasteiger partial charge in [-0.15, -0.1) is 0 Å². The Kier molecular flexibility index (Phi) is 3.43. The number of aromatic nitrogens is 3. The first-order valence-corrected chi connectivity index (χ1v) is 6.60. The van der Waals surface area contributed by atoms with Crippen molar-refractivity contribution < 1.29 is 4.42 Å². The third kappa shape index (κ3) is 2.53. The molecule has 5 heteroatoms. The quantitative estimate of drug-likeness (QED) is 0.787. The van der Waals surface area contributed by atoms with Gasteiger partial charge < -0.3 is 9.73 Å². The molecule has 0 saturated heterocycles. The molecule has 20 heavy (non-hydrogen) atoms. The molecule has 1 N–H and O–H groups in total. The molecule has 0 spiro atoms. The van der Waals surface area contributed by atoms with Crippen LogP contribution in [0.3, 0.4) is 0 Å². The Morgan fingerprint density at radius 3 is 2.95 bits per heavy atom. The Bertz CT molecular complexity index is 736. The Labute approximate surface area is 117 Å².